The van der Waals surface area contributed by atoms with E-state index in [0.29, 0.717) is 0 Å². The monoisotopic (exact) mass is 966 g/mol. The molecule has 344 valence electrons. The van der Waals surface area contributed by atoms with E-state index in [4.69, 9.17) is 17.5 Å². The Kier molecular flexibility index (Phi) is 16.8. The molecule has 66 heavy (non-hydrogen) atoms. The van der Waals surface area contributed by atoms with Gasteiger partial charge in [-0.2, -0.15) is 17.5 Å². The van der Waals surface area contributed by atoms with Crippen LogP contribution in [0.1, 0.15) is 159 Å². The Bertz CT molecular complexity index is 2870. The Morgan fingerprint density at radius 2 is 0.788 bits per heavy atom. The molecule has 0 saturated carbocycles. The normalized spacial score (nSPS) is 12.0. The minimum atomic E-state index is 1.01. The number of nitrogens with zero attached hydrogens (tertiary/aromatic N) is 4. The number of hydrogen-bond donors (Lipinski definition) is 0. The maximum atomic E-state index is 5.02. The van der Waals surface area contributed by atoms with E-state index < -0.39 is 0 Å². The lowest BCUT2D eigenvalue weighted by Gasteiger charge is -2.12. The van der Waals surface area contributed by atoms with Gasteiger partial charge in [0.2, 0.25) is 0 Å². The van der Waals surface area contributed by atoms with Crippen molar-refractivity contribution in [2.75, 3.05) is 0 Å². The van der Waals surface area contributed by atoms with Crippen LogP contribution < -0.4 is 0 Å². The number of aromatic nitrogens is 4. The van der Waals surface area contributed by atoms with Crippen molar-refractivity contribution in [1.82, 2.24) is 17.5 Å². The third-order valence-electron chi connectivity index (χ3n) is 13.7. The van der Waals surface area contributed by atoms with Crippen molar-refractivity contribution < 1.29 is 0 Å². The number of rotatable bonds is 26. The molecule has 5 aromatic heterocycles. The highest BCUT2D eigenvalue weighted by Gasteiger charge is 2.23. The highest BCUT2D eigenvalue weighted by molar-refractivity contribution is 7.24. The van der Waals surface area contributed by atoms with Crippen molar-refractivity contribution in [3.8, 4) is 41.8 Å². The zero-order valence-electron chi connectivity index (χ0n) is 39.4. The molecule has 0 atom stereocenters. The van der Waals surface area contributed by atoms with E-state index in [1.807, 2.05) is 34.0 Å². The van der Waals surface area contributed by atoms with Crippen LogP contribution in [0, 0.1) is 6.92 Å². The number of aryl methyl sites for hydroxylation is 3. The molecule has 4 nitrogen and oxygen atoms in total. The molecule has 0 unspecified atom stereocenters. The molecule has 0 radical (unpaired) electrons. The second kappa shape index (κ2) is 23.4. The molecule has 0 spiro atoms. The first kappa shape index (κ1) is 47.2. The van der Waals surface area contributed by atoms with Crippen LogP contribution in [0.2, 0.25) is 0 Å². The molecule has 4 aromatic carbocycles. The van der Waals surface area contributed by atoms with E-state index in [2.05, 4.69) is 99.6 Å². The number of fused-ring (bicyclic) bond motifs is 4. The fraction of sp³-hybridized carbons (Fsp3) is 0.439. The summed E-state index contributed by atoms with van der Waals surface area (Å²) >= 11 is 8.52. The number of thiophene rings is 3. The SMILES string of the molecule is CCCCCCCCCCCCc1c2cc(-c3ccc(-c4ccc(-c5ccccc5)s4)c4nsnc34)sc2c(CCCCCCCCCCCC)c2cc(-c3ccc(C)c4nsnc34)sc12. The first-order chi connectivity index (χ1) is 32.6. The van der Waals surface area contributed by atoms with Gasteiger partial charge in [-0.25, -0.2) is 0 Å². The third kappa shape index (κ3) is 10.9. The lowest BCUT2D eigenvalue weighted by molar-refractivity contribution is 0.556. The number of unbranched alkanes of at least 4 members (excludes halogenated alkanes) is 18. The number of benzene rings is 4. The van der Waals surface area contributed by atoms with Gasteiger partial charge in [-0.3, -0.25) is 0 Å². The summed E-state index contributed by atoms with van der Waals surface area (Å²) in [5.74, 6) is 0. The zero-order valence-corrected chi connectivity index (χ0v) is 43.5. The summed E-state index contributed by atoms with van der Waals surface area (Å²) in [4.78, 5) is 5.15. The van der Waals surface area contributed by atoms with Gasteiger partial charge in [0.25, 0.3) is 0 Å². The van der Waals surface area contributed by atoms with Crippen LogP contribution in [0.3, 0.4) is 0 Å². The molecule has 0 fully saturated rings. The molecule has 0 aliphatic rings. The summed E-state index contributed by atoms with van der Waals surface area (Å²) in [5.41, 5.74) is 13.3. The molecular weight excluding hydrogens is 901 g/mol. The predicted molar refractivity (Wildman–Crippen MR) is 295 cm³/mol. The van der Waals surface area contributed by atoms with E-state index in [9.17, 15) is 0 Å². The van der Waals surface area contributed by atoms with Gasteiger partial charge in [0.05, 0.1) is 23.5 Å². The molecule has 0 amide bonds. The molecule has 0 N–H and O–H groups in total. The van der Waals surface area contributed by atoms with Crippen LogP contribution in [0.5, 0.6) is 0 Å². The van der Waals surface area contributed by atoms with Crippen molar-refractivity contribution >= 4 is 99.7 Å². The van der Waals surface area contributed by atoms with Gasteiger partial charge in [-0.15, -0.1) is 34.0 Å². The maximum Gasteiger partial charge on any atom is 0.114 e. The topological polar surface area (TPSA) is 51.6 Å². The fourth-order valence-corrected chi connectivity index (χ4v) is 14.8. The third-order valence-corrected chi connectivity index (χ3v) is 18.4. The quantitative estimate of drug-likeness (QED) is 0.0508. The Labute approximate surface area is 413 Å². The van der Waals surface area contributed by atoms with Crippen molar-refractivity contribution in [3.05, 3.63) is 95.6 Å². The lowest BCUT2D eigenvalue weighted by atomic mass is 9.94. The van der Waals surface area contributed by atoms with Gasteiger partial charge in [0, 0.05) is 45.6 Å². The largest absolute Gasteiger partial charge is 0.173 e. The zero-order chi connectivity index (χ0) is 45.1. The molecule has 0 saturated heterocycles. The minimum Gasteiger partial charge on any atom is -0.173 e. The van der Waals surface area contributed by atoms with Crippen LogP contribution in [0.25, 0.3) is 84.0 Å². The van der Waals surface area contributed by atoms with Gasteiger partial charge < -0.3 is 0 Å². The molecule has 9 heteroatoms. The van der Waals surface area contributed by atoms with Crippen molar-refractivity contribution in [3.63, 3.8) is 0 Å². The van der Waals surface area contributed by atoms with Crippen LogP contribution in [0.4, 0.5) is 0 Å². The van der Waals surface area contributed by atoms with Gasteiger partial charge in [0.15, 0.2) is 0 Å². The van der Waals surface area contributed by atoms with E-state index in [-0.39, 0.29) is 0 Å². The molecule has 9 aromatic rings. The van der Waals surface area contributed by atoms with Crippen LogP contribution >= 0.6 is 57.5 Å². The molecule has 5 heterocycles. The Morgan fingerprint density at radius 1 is 0.379 bits per heavy atom. The summed E-state index contributed by atoms with van der Waals surface area (Å²) < 4.78 is 22.5. The average molecular weight is 968 g/mol. The second-order valence-corrected chi connectivity index (χ2v) is 22.8. The Balaban J connectivity index is 1.07. The van der Waals surface area contributed by atoms with Gasteiger partial charge >= 0.3 is 0 Å². The highest BCUT2D eigenvalue weighted by Crippen LogP contribution is 2.49. The van der Waals surface area contributed by atoms with Crippen molar-refractivity contribution in [2.24, 2.45) is 0 Å². The smallest absolute Gasteiger partial charge is 0.114 e. The van der Waals surface area contributed by atoms with Gasteiger partial charge in [0.1, 0.15) is 22.1 Å². The lowest BCUT2D eigenvalue weighted by Crippen LogP contribution is -1.93. The summed E-state index contributed by atoms with van der Waals surface area (Å²) in [6.07, 6.45) is 29.2. The molecular formula is C57H66N4S5. The molecule has 0 aliphatic heterocycles. The van der Waals surface area contributed by atoms with Gasteiger partial charge in [-0.1, -0.05) is 184 Å². The van der Waals surface area contributed by atoms with Crippen LogP contribution in [-0.4, -0.2) is 17.5 Å². The van der Waals surface area contributed by atoms with E-state index in [1.165, 1.54) is 219 Å². The fourth-order valence-electron chi connectivity index (χ4n) is 9.96. The summed E-state index contributed by atoms with van der Waals surface area (Å²) in [6, 6.07) is 29.5. The van der Waals surface area contributed by atoms with Crippen LogP contribution in [-0.2, 0) is 12.8 Å². The van der Waals surface area contributed by atoms with Crippen molar-refractivity contribution in [1.29, 1.82) is 0 Å². The first-order valence-corrected chi connectivity index (χ1v) is 29.2. The van der Waals surface area contributed by atoms with Gasteiger partial charge in [-0.05, 0) is 89.9 Å². The standard InChI is InChI=1S/C57H66N4S5/c1-4-6-8-10-12-14-16-18-20-25-29-41-46-37-50(44-32-31-39(3)52-53(44)59-65-58-52)63-56(46)42(30-26-21-19-17-15-13-11-9-7-5-2)47-38-51(64-57(41)47)45-34-33-43(54-55(45)61-66-60-54)49-36-35-48(62-49)40-27-23-22-24-28-40/h22-24,27-28,31-38H,4-21,25-26,29-30H2,1-3H3. The summed E-state index contributed by atoms with van der Waals surface area (Å²) in [5, 5.41) is 2.93. The first-order valence-electron chi connectivity index (χ1n) is 25.3. The molecule has 9 rings (SSSR count). The van der Waals surface area contributed by atoms with E-state index >= 15 is 0 Å². The average Bonchev–Trinajstić information content (AvgIpc) is 4.21. The Morgan fingerprint density at radius 3 is 1.29 bits per heavy atom. The molecule has 0 aliphatic carbocycles. The highest BCUT2D eigenvalue weighted by atomic mass is 32.1. The summed E-state index contributed by atoms with van der Waals surface area (Å²) in [7, 11) is 0. The van der Waals surface area contributed by atoms with E-state index in [0.717, 1.165) is 34.9 Å². The maximum absolute atomic E-state index is 5.02. The second-order valence-electron chi connectivity index (χ2n) is 18.6. The van der Waals surface area contributed by atoms with Crippen molar-refractivity contribution in [2.45, 2.75) is 162 Å². The van der Waals surface area contributed by atoms with Crippen LogP contribution in [0.15, 0.2) is 78.9 Å². The minimum absolute atomic E-state index is 1.01. The number of hydrogen-bond acceptors (Lipinski definition) is 9. The Hall–Kier alpha value is -3.86. The van der Waals surface area contributed by atoms with E-state index in [1.54, 1.807) is 11.1 Å². The predicted octanol–water partition coefficient (Wildman–Crippen LogP) is 20.1. The summed E-state index contributed by atoms with van der Waals surface area (Å²) in [6.45, 7) is 6.78. The molecule has 0 bridgehead atoms.